The van der Waals surface area contributed by atoms with E-state index in [1.165, 1.54) is 77.4 Å². The van der Waals surface area contributed by atoms with Crippen LogP contribution in [0.4, 0.5) is 0 Å². The molecular formula is C18H36N2. The van der Waals surface area contributed by atoms with E-state index < -0.39 is 0 Å². The highest BCUT2D eigenvalue weighted by Crippen LogP contribution is 2.31. The summed E-state index contributed by atoms with van der Waals surface area (Å²) in [5, 5.41) is 3.93. The molecule has 2 atom stereocenters. The minimum Gasteiger partial charge on any atom is -0.313 e. The summed E-state index contributed by atoms with van der Waals surface area (Å²) in [6.45, 7) is 8.62. The van der Waals surface area contributed by atoms with Gasteiger partial charge in [0.2, 0.25) is 0 Å². The Morgan fingerprint density at radius 1 is 1.10 bits per heavy atom. The second kappa shape index (κ2) is 7.79. The maximum Gasteiger partial charge on any atom is 0.00673 e. The highest BCUT2D eigenvalue weighted by Gasteiger charge is 2.29. The largest absolute Gasteiger partial charge is 0.313 e. The fourth-order valence-electron chi connectivity index (χ4n) is 4.01. The lowest BCUT2D eigenvalue weighted by Gasteiger charge is -2.39. The van der Waals surface area contributed by atoms with Crippen molar-refractivity contribution >= 4 is 0 Å². The number of nitrogens with one attached hydrogen (secondary N) is 1. The van der Waals surface area contributed by atoms with E-state index in [0.29, 0.717) is 5.41 Å². The first-order valence-corrected chi connectivity index (χ1v) is 9.03. The zero-order valence-electron chi connectivity index (χ0n) is 14.1. The summed E-state index contributed by atoms with van der Waals surface area (Å²) in [5.74, 6) is 1.02. The summed E-state index contributed by atoms with van der Waals surface area (Å²) in [7, 11) is 2.26. The van der Waals surface area contributed by atoms with Gasteiger partial charge in [0.05, 0.1) is 0 Å². The molecule has 1 N–H and O–H groups in total. The molecule has 1 aliphatic heterocycles. The van der Waals surface area contributed by atoms with Gasteiger partial charge in [-0.25, -0.2) is 0 Å². The van der Waals surface area contributed by atoms with E-state index in [0.717, 1.165) is 12.0 Å². The van der Waals surface area contributed by atoms with Crippen LogP contribution >= 0.6 is 0 Å². The SMILES string of the molecule is CCCC1CCCC(NCC2(C)CCN(C)CC2)CC1. The molecule has 118 valence electrons. The Hall–Kier alpha value is -0.0800. The number of hydrogen-bond acceptors (Lipinski definition) is 2. The Kier molecular flexibility index (Phi) is 6.35. The lowest BCUT2D eigenvalue weighted by molar-refractivity contribution is 0.132. The maximum atomic E-state index is 3.93. The number of likely N-dealkylation sites (tertiary alicyclic amines) is 1. The smallest absolute Gasteiger partial charge is 0.00673 e. The van der Waals surface area contributed by atoms with E-state index in [2.05, 4.69) is 31.1 Å². The van der Waals surface area contributed by atoms with Crippen LogP contribution < -0.4 is 5.32 Å². The molecule has 1 heterocycles. The van der Waals surface area contributed by atoms with Crippen molar-refractivity contribution in [3.05, 3.63) is 0 Å². The summed E-state index contributed by atoms with van der Waals surface area (Å²) in [5.41, 5.74) is 0.543. The molecule has 0 amide bonds. The average Bonchev–Trinajstić information content (AvgIpc) is 2.67. The molecule has 0 radical (unpaired) electrons. The van der Waals surface area contributed by atoms with Gasteiger partial charge in [-0.05, 0) is 63.6 Å². The number of hydrogen-bond donors (Lipinski definition) is 1. The van der Waals surface area contributed by atoms with Gasteiger partial charge < -0.3 is 10.2 Å². The minimum atomic E-state index is 0.543. The average molecular weight is 280 g/mol. The summed E-state index contributed by atoms with van der Waals surface area (Å²) >= 11 is 0. The quantitative estimate of drug-likeness (QED) is 0.764. The predicted octanol–water partition coefficient (Wildman–Crippen LogP) is 4.06. The molecule has 2 aliphatic rings. The first kappa shape index (κ1) is 16.3. The van der Waals surface area contributed by atoms with E-state index in [-0.39, 0.29) is 0 Å². The Bertz CT molecular complexity index is 269. The minimum absolute atomic E-state index is 0.543. The summed E-state index contributed by atoms with van der Waals surface area (Å²) < 4.78 is 0. The van der Waals surface area contributed by atoms with Gasteiger partial charge >= 0.3 is 0 Å². The highest BCUT2D eigenvalue weighted by atomic mass is 15.1. The highest BCUT2D eigenvalue weighted by molar-refractivity contribution is 4.85. The third-order valence-corrected chi connectivity index (χ3v) is 5.80. The Morgan fingerprint density at radius 2 is 1.85 bits per heavy atom. The zero-order chi connectivity index (χ0) is 14.4. The Labute approximate surface area is 126 Å². The summed E-state index contributed by atoms with van der Waals surface area (Å²) in [4.78, 5) is 2.47. The van der Waals surface area contributed by atoms with Crippen molar-refractivity contribution in [2.75, 3.05) is 26.7 Å². The van der Waals surface area contributed by atoms with Crippen molar-refractivity contribution in [1.82, 2.24) is 10.2 Å². The number of nitrogens with zero attached hydrogens (tertiary/aromatic N) is 1. The lowest BCUT2D eigenvalue weighted by Crippen LogP contribution is -2.44. The topological polar surface area (TPSA) is 15.3 Å². The van der Waals surface area contributed by atoms with Crippen LogP contribution in [0.5, 0.6) is 0 Å². The van der Waals surface area contributed by atoms with E-state index in [9.17, 15) is 0 Å². The standard InChI is InChI=1S/C18H36N2/c1-4-6-16-7-5-8-17(10-9-16)19-15-18(2)11-13-20(3)14-12-18/h16-17,19H,4-15H2,1-3H3. The normalized spacial score (nSPS) is 31.9. The molecular weight excluding hydrogens is 244 g/mol. The van der Waals surface area contributed by atoms with Crippen LogP contribution in [0, 0.1) is 11.3 Å². The summed E-state index contributed by atoms with van der Waals surface area (Å²) in [6.07, 6.45) is 12.8. The molecule has 2 fully saturated rings. The van der Waals surface area contributed by atoms with Crippen LogP contribution in [-0.2, 0) is 0 Å². The van der Waals surface area contributed by atoms with E-state index in [1.54, 1.807) is 0 Å². The van der Waals surface area contributed by atoms with Gasteiger partial charge in [0, 0.05) is 12.6 Å². The third kappa shape index (κ3) is 5.04. The van der Waals surface area contributed by atoms with Gasteiger partial charge in [0.1, 0.15) is 0 Å². The van der Waals surface area contributed by atoms with Gasteiger partial charge in [0.15, 0.2) is 0 Å². The van der Waals surface area contributed by atoms with Crippen LogP contribution in [0.2, 0.25) is 0 Å². The molecule has 0 aromatic heterocycles. The van der Waals surface area contributed by atoms with Gasteiger partial charge in [-0.3, -0.25) is 0 Å². The molecule has 1 saturated heterocycles. The van der Waals surface area contributed by atoms with Crippen LogP contribution in [0.25, 0.3) is 0 Å². The van der Waals surface area contributed by atoms with E-state index in [4.69, 9.17) is 0 Å². The van der Waals surface area contributed by atoms with Crippen LogP contribution in [-0.4, -0.2) is 37.6 Å². The monoisotopic (exact) mass is 280 g/mol. The van der Waals surface area contributed by atoms with Crippen molar-refractivity contribution in [3.8, 4) is 0 Å². The molecule has 20 heavy (non-hydrogen) atoms. The van der Waals surface area contributed by atoms with Gasteiger partial charge in [-0.15, -0.1) is 0 Å². The first-order chi connectivity index (χ1) is 9.61. The van der Waals surface area contributed by atoms with Gasteiger partial charge in [-0.1, -0.05) is 39.5 Å². The molecule has 0 spiro atoms. The van der Waals surface area contributed by atoms with Crippen molar-refractivity contribution in [2.24, 2.45) is 11.3 Å². The molecule has 2 unspecified atom stereocenters. The number of piperidine rings is 1. The molecule has 2 rings (SSSR count). The second-order valence-corrected chi connectivity index (χ2v) is 7.85. The van der Waals surface area contributed by atoms with Crippen LogP contribution in [0.3, 0.4) is 0 Å². The lowest BCUT2D eigenvalue weighted by atomic mass is 9.80. The Morgan fingerprint density at radius 3 is 2.55 bits per heavy atom. The fraction of sp³-hybridized carbons (Fsp3) is 1.00. The Balaban J connectivity index is 1.71. The molecule has 2 nitrogen and oxygen atoms in total. The first-order valence-electron chi connectivity index (χ1n) is 9.03. The zero-order valence-corrected chi connectivity index (χ0v) is 14.1. The van der Waals surface area contributed by atoms with Gasteiger partial charge in [-0.2, -0.15) is 0 Å². The van der Waals surface area contributed by atoms with E-state index in [1.807, 2.05) is 0 Å². The molecule has 0 bridgehead atoms. The third-order valence-electron chi connectivity index (χ3n) is 5.80. The predicted molar refractivity (Wildman–Crippen MR) is 88.1 cm³/mol. The molecule has 1 aliphatic carbocycles. The maximum absolute atomic E-state index is 3.93. The van der Waals surface area contributed by atoms with Gasteiger partial charge in [0.25, 0.3) is 0 Å². The molecule has 2 heteroatoms. The molecule has 0 aromatic rings. The second-order valence-electron chi connectivity index (χ2n) is 7.85. The van der Waals surface area contributed by atoms with Crippen LogP contribution in [0.1, 0.15) is 71.6 Å². The fourth-order valence-corrected chi connectivity index (χ4v) is 4.01. The van der Waals surface area contributed by atoms with Crippen molar-refractivity contribution in [2.45, 2.75) is 77.7 Å². The molecule has 1 saturated carbocycles. The van der Waals surface area contributed by atoms with Crippen molar-refractivity contribution in [3.63, 3.8) is 0 Å². The summed E-state index contributed by atoms with van der Waals surface area (Å²) in [6, 6.07) is 0.799. The molecule has 0 aromatic carbocycles. The van der Waals surface area contributed by atoms with Crippen LogP contribution in [0.15, 0.2) is 0 Å². The van der Waals surface area contributed by atoms with Crippen molar-refractivity contribution < 1.29 is 0 Å². The number of rotatable bonds is 5. The van der Waals surface area contributed by atoms with Crippen molar-refractivity contribution in [1.29, 1.82) is 0 Å². The van der Waals surface area contributed by atoms with E-state index >= 15 is 0 Å².